The van der Waals surface area contributed by atoms with Crippen LogP contribution in [0.1, 0.15) is 0 Å². The third-order valence-electron chi connectivity index (χ3n) is 0.824. The standard InChI is InChI=1S/C6H4F2.C2H2/c7-5-3-1-2-4-6(5)8;1-2/h1-4H;1-2H. The molecule has 2 heteroatoms. The van der Waals surface area contributed by atoms with E-state index in [2.05, 4.69) is 12.8 Å². The molecule has 0 atom stereocenters. The van der Waals surface area contributed by atoms with Gasteiger partial charge in [-0.3, -0.25) is 0 Å². The Kier molecular flexibility index (Phi) is 3.90. The predicted octanol–water partition coefficient (Wildman–Crippen LogP) is 2.21. The first-order valence-electron chi connectivity index (χ1n) is 2.54. The highest BCUT2D eigenvalue weighted by Crippen LogP contribution is 2.01. The maximum Gasteiger partial charge on any atom is 0.158 e. The molecule has 0 nitrogen and oxygen atoms in total. The Morgan fingerprint density at radius 3 is 1.40 bits per heavy atom. The smallest absolute Gasteiger partial charge is 0.158 e. The zero-order chi connectivity index (χ0) is 7.98. The van der Waals surface area contributed by atoms with Crippen LogP contribution in [-0.4, -0.2) is 0 Å². The van der Waals surface area contributed by atoms with Gasteiger partial charge in [0.1, 0.15) is 0 Å². The molecular weight excluding hydrogens is 134 g/mol. The summed E-state index contributed by atoms with van der Waals surface area (Å²) in [6, 6.07) is 5.04. The molecule has 1 rings (SSSR count). The van der Waals surface area contributed by atoms with Crippen molar-refractivity contribution >= 4 is 0 Å². The summed E-state index contributed by atoms with van der Waals surface area (Å²) in [5, 5.41) is 0. The van der Waals surface area contributed by atoms with Crippen LogP contribution in [0.4, 0.5) is 8.78 Å². The number of benzene rings is 1. The minimum Gasteiger partial charge on any atom is -0.204 e. The summed E-state index contributed by atoms with van der Waals surface area (Å²) in [4.78, 5) is 0. The van der Waals surface area contributed by atoms with Crippen LogP contribution in [0.25, 0.3) is 0 Å². The number of hydrogen-bond donors (Lipinski definition) is 0. The van der Waals surface area contributed by atoms with Crippen molar-refractivity contribution in [3.8, 4) is 12.8 Å². The van der Waals surface area contributed by atoms with E-state index in [1.807, 2.05) is 0 Å². The second-order valence-electron chi connectivity index (χ2n) is 1.41. The van der Waals surface area contributed by atoms with Crippen LogP contribution in [0.3, 0.4) is 0 Å². The van der Waals surface area contributed by atoms with Crippen molar-refractivity contribution in [2.45, 2.75) is 0 Å². The summed E-state index contributed by atoms with van der Waals surface area (Å²) in [5.41, 5.74) is 0. The van der Waals surface area contributed by atoms with Gasteiger partial charge in [0.2, 0.25) is 0 Å². The Morgan fingerprint density at radius 2 is 1.20 bits per heavy atom. The zero-order valence-electron chi connectivity index (χ0n) is 5.22. The third kappa shape index (κ3) is 2.27. The van der Waals surface area contributed by atoms with Gasteiger partial charge in [-0.15, -0.1) is 12.8 Å². The van der Waals surface area contributed by atoms with E-state index in [1.54, 1.807) is 0 Å². The van der Waals surface area contributed by atoms with Gasteiger partial charge in [-0.2, -0.15) is 0 Å². The first-order valence-corrected chi connectivity index (χ1v) is 2.54. The van der Waals surface area contributed by atoms with Crippen molar-refractivity contribution in [2.24, 2.45) is 0 Å². The van der Waals surface area contributed by atoms with Gasteiger partial charge in [-0.05, 0) is 12.1 Å². The molecule has 0 heterocycles. The quantitative estimate of drug-likeness (QED) is 0.484. The van der Waals surface area contributed by atoms with Crippen molar-refractivity contribution in [1.82, 2.24) is 0 Å². The summed E-state index contributed by atoms with van der Waals surface area (Å²) < 4.78 is 23.9. The minimum atomic E-state index is -0.799. The predicted molar refractivity (Wildman–Crippen MR) is 36.2 cm³/mol. The van der Waals surface area contributed by atoms with Crippen molar-refractivity contribution in [2.75, 3.05) is 0 Å². The van der Waals surface area contributed by atoms with E-state index in [9.17, 15) is 8.78 Å². The molecule has 0 aliphatic rings. The van der Waals surface area contributed by atoms with Gasteiger partial charge in [0, 0.05) is 0 Å². The van der Waals surface area contributed by atoms with E-state index in [4.69, 9.17) is 0 Å². The lowest BCUT2D eigenvalue weighted by molar-refractivity contribution is 0.508. The molecule has 0 saturated heterocycles. The average molecular weight is 140 g/mol. The van der Waals surface area contributed by atoms with Crippen molar-refractivity contribution in [3.63, 3.8) is 0 Å². The molecule has 0 N–H and O–H groups in total. The highest BCUT2D eigenvalue weighted by Gasteiger charge is 1.93. The van der Waals surface area contributed by atoms with Crippen molar-refractivity contribution < 1.29 is 8.78 Å². The summed E-state index contributed by atoms with van der Waals surface area (Å²) in [5.74, 6) is -1.60. The van der Waals surface area contributed by atoms with E-state index in [-0.39, 0.29) is 0 Å². The van der Waals surface area contributed by atoms with Crippen LogP contribution >= 0.6 is 0 Å². The zero-order valence-corrected chi connectivity index (χ0v) is 5.22. The van der Waals surface area contributed by atoms with Crippen LogP contribution in [0.5, 0.6) is 0 Å². The molecule has 0 aliphatic heterocycles. The van der Waals surface area contributed by atoms with Crippen LogP contribution in [0.15, 0.2) is 24.3 Å². The molecule has 52 valence electrons. The molecular formula is C8H6F2. The average Bonchev–Trinajstić information content (AvgIpc) is 2.00. The summed E-state index contributed by atoms with van der Waals surface area (Å²) >= 11 is 0. The Hall–Kier alpha value is -1.36. The SMILES string of the molecule is C#C.Fc1ccccc1F. The molecule has 1 aromatic carbocycles. The van der Waals surface area contributed by atoms with Crippen LogP contribution in [0.2, 0.25) is 0 Å². The van der Waals surface area contributed by atoms with Gasteiger partial charge in [-0.25, -0.2) is 8.78 Å². The lowest BCUT2D eigenvalue weighted by atomic mass is 10.3. The van der Waals surface area contributed by atoms with E-state index < -0.39 is 11.6 Å². The molecule has 0 unspecified atom stereocenters. The van der Waals surface area contributed by atoms with Crippen LogP contribution in [0, 0.1) is 24.5 Å². The fraction of sp³-hybridized carbons (Fsp3) is 0. The molecule has 0 radical (unpaired) electrons. The highest BCUT2D eigenvalue weighted by molar-refractivity contribution is 5.05. The third-order valence-corrected chi connectivity index (χ3v) is 0.824. The summed E-state index contributed by atoms with van der Waals surface area (Å²) in [6.45, 7) is 0. The molecule has 0 spiro atoms. The minimum absolute atomic E-state index is 0.799. The van der Waals surface area contributed by atoms with Gasteiger partial charge in [0.25, 0.3) is 0 Å². The molecule has 0 aromatic heterocycles. The number of halogens is 2. The summed E-state index contributed by atoms with van der Waals surface area (Å²) in [7, 11) is 0. The Bertz CT molecular complexity index is 194. The van der Waals surface area contributed by atoms with Crippen molar-refractivity contribution in [3.05, 3.63) is 35.9 Å². The Morgan fingerprint density at radius 1 is 0.900 bits per heavy atom. The topological polar surface area (TPSA) is 0 Å². The van der Waals surface area contributed by atoms with E-state index in [1.165, 1.54) is 12.1 Å². The van der Waals surface area contributed by atoms with Gasteiger partial charge < -0.3 is 0 Å². The number of rotatable bonds is 0. The van der Waals surface area contributed by atoms with Gasteiger partial charge in [0.15, 0.2) is 11.6 Å². The largest absolute Gasteiger partial charge is 0.204 e. The molecule has 0 bridgehead atoms. The molecule has 0 aliphatic carbocycles. The molecule has 10 heavy (non-hydrogen) atoms. The van der Waals surface area contributed by atoms with Crippen LogP contribution < -0.4 is 0 Å². The maximum absolute atomic E-state index is 11.9. The fourth-order valence-electron chi connectivity index (χ4n) is 0.439. The molecule has 0 fully saturated rings. The molecule has 0 saturated carbocycles. The van der Waals surface area contributed by atoms with E-state index in [0.29, 0.717) is 0 Å². The maximum atomic E-state index is 11.9. The van der Waals surface area contributed by atoms with Crippen LogP contribution in [-0.2, 0) is 0 Å². The lowest BCUT2D eigenvalue weighted by Gasteiger charge is -1.85. The second kappa shape index (κ2) is 4.51. The highest BCUT2D eigenvalue weighted by atomic mass is 19.2. The van der Waals surface area contributed by atoms with Gasteiger partial charge >= 0.3 is 0 Å². The summed E-state index contributed by atoms with van der Waals surface area (Å²) in [6.07, 6.45) is 8.00. The first kappa shape index (κ1) is 8.64. The number of hydrogen-bond acceptors (Lipinski definition) is 0. The van der Waals surface area contributed by atoms with Crippen molar-refractivity contribution in [1.29, 1.82) is 0 Å². The lowest BCUT2D eigenvalue weighted by Crippen LogP contribution is -1.77. The van der Waals surface area contributed by atoms with E-state index in [0.717, 1.165) is 12.1 Å². The Labute approximate surface area is 58.5 Å². The molecule has 0 amide bonds. The normalized spacial score (nSPS) is 7.60. The van der Waals surface area contributed by atoms with Gasteiger partial charge in [-0.1, -0.05) is 12.1 Å². The fourth-order valence-corrected chi connectivity index (χ4v) is 0.439. The Balaban J connectivity index is 0.000000371. The first-order chi connectivity index (χ1) is 4.80. The molecule has 1 aromatic rings. The van der Waals surface area contributed by atoms with E-state index >= 15 is 0 Å². The van der Waals surface area contributed by atoms with Gasteiger partial charge in [0.05, 0.1) is 0 Å². The monoisotopic (exact) mass is 140 g/mol. The number of terminal acetylenes is 1. The second-order valence-corrected chi connectivity index (χ2v) is 1.41.